The third-order valence-electron chi connectivity index (χ3n) is 0.611. The lowest BCUT2D eigenvalue weighted by Crippen LogP contribution is -2.58. The summed E-state index contributed by atoms with van der Waals surface area (Å²) in [6.45, 7) is 0.701. The maximum Gasteiger partial charge on any atom is 0.419 e. The second kappa shape index (κ2) is 1.60. The average Bonchev–Trinajstić information content (AvgIpc) is 1.25. The molecule has 0 aromatic rings. The number of rotatable bonds is 0. The quantitative estimate of drug-likeness (QED) is 0.457. The summed E-state index contributed by atoms with van der Waals surface area (Å²) in [7, 11) is 0. The molecule has 0 fully saturated rings. The molecule has 0 aliphatic heterocycles. The molecule has 0 atom stereocenters. The topological polar surface area (TPSA) is 52.0 Å². The molecule has 0 rings (SSSR count). The Morgan fingerprint density at radius 3 is 1.25 bits per heavy atom. The van der Waals surface area contributed by atoms with Crippen LogP contribution in [0.3, 0.4) is 0 Å². The van der Waals surface area contributed by atoms with Crippen molar-refractivity contribution in [2.24, 2.45) is 11.5 Å². The van der Waals surface area contributed by atoms with Crippen LogP contribution in [0.25, 0.3) is 0 Å². The zero-order valence-corrected chi connectivity index (χ0v) is 4.29. The summed E-state index contributed by atoms with van der Waals surface area (Å²) in [5.41, 5.74) is 6.37. The standard InChI is InChI=1S/C3H7F3N2/c1-2(7,8)3(4,5)6/h7-8H2,1H3. The van der Waals surface area contributed by atoms with Crippen molar-refractivity contribution in [2.45, 2.75) is 18.8 Å². The van der Waals surface area contributed by atoms with Gasteiger partial charge in [0.2, 0.25) is 0 Å². The van der Waals surface area contributed by atoms with Gasteiger partial charge in [0.05, 0.1) is 0 Å². The van der Waals surface area contributed by atoms with Crippen LogP contribution < -0.4 is 11.5 Å². The first-order chi connectivity index (χ1) is 3.25. The normalized spacial score (nSPS) is 14.2. The molecule has 0 aromatic carbocycles. The van der Waals surface area contributed by atoms with Crippen LogP contribution in [0.5, 0.6) is 0 Å². The van der Waals surface area contributed by atoms with E-state index in [4.69, 9.17) is 0 Å². The second-order valence-corrected chi connectivity index (χ2v) is 1.78. The van der Waals surface area contributed by atoms with E-state index in [1.54, 1.807) is 0 Å². The molecular formula is C3H7F3N2. The van der Waals surface area contributed by atoms with Gasteiger partial charge in [-0.1, -0.05) is 0 Å². The van der Waals surface area contributed by atoms with Crippen LogP contribution >= 0.6 is 0 Å². The Morgan fingerprint density at radius 1 is 1.12 bits per heavy atom. The van der Waals surface area contributed by atoms with Crippen molar-refractivity contribution in [3.63, 3.8) is 0 Å². The highest BCUT2D eigenvalue weighted by Crippen LogP contribution is 2.22. The predicted molar refractivity (Wildman–Crippen MR) is 22.8 cm³/mol. The lowest BCUT2D eigenvalue weighted by atomic mass is 10.2. The summed E-state index contributed by atoms with van der Waals surface area (Å²) in [6.07, 6.45) is -4.51. The Labute approximate surface area is 44.6 Å². The highest BCUT2D eigenvalue weighted by atomic mass is 19.4. The number of hydrogen-bond donors (Lipinski definition) is 2. The fraction of sp³-hybridized carbons (Fsp3) is 1.00. The van der Waals surface area contributed by atoms with Crippen molar-refractivity contribution in [3.8, 4) is 0 Å². The van der Waals surface area contributed by atoms with Crippen molar-refractivity contribution in [3.05, 3.63) is 0 Å². The SMILES string of the molecule is CC(N)(N)C(F)(F)F. The second-order valence-electron chi connectivity index (χ2n) is 1.78. The summed E-state index contributed by atoms with van der Waals surface area (Å²) < 4.78 is 33.9. The summed E-state index contributed by atoms with van der Waals surface area (Å²) in [5.74, 6) is 0. The average molecular weight is 128 g/mol. The highest BCUT2D eigenvalue weighted by molar-refractivity contribution is 4.78. The molecule has 8 heavy (non-hydrogen) atoms. The molecule has 0 aliphatic rings. The summed E-state index contributed by atoms with van der Waals surface area (Å²) in [6, 6.07) is 0. The van der Waals surface area contributed by atoms with E-state index in [2.05, 4.69) is 11.5 Å². The molecule has 0 saturated carbocycles. The van der Waals surface area contributed by atoms with Crippen LogP contribution in [0.15, 0.2) is 0 Å². The van der Waals surface area contributed by atoms with Crippen molar-refractivity contribution in [2.75, 3.05) is 0 Å². The zero-order valence-electron chi connectivity index (χ0n) is 4.29. The molecule has 0 amide bonds. The van der Waals surface area contributed by atoms with E-state index in [0.29, 0.717) is 6.92 Å². The van der Waals surface area contributed by atoms with E-state index in [0.717, 1.165) is 0 Å². The molecule has 0 bridgehead atoms. The van der Waals surface area contributed by atoms with Crippen LogP contribution in [0.2, 0.25) is 0 Å². The van der Waals surface area contributed by atoms with E-state index in [-0.39, 0.29) is 0 Å². The molecule has 0 aliphatic carbocycles. The Morgan fingerprint density at radius 2 is 1.25 bits per heavy atom. The third-order valence-corrected chi connectivity index (χ3v) is 0.611. The predicted octanol–water partition coefficient (Wildman–Crippen LogP) is 0.182. The van der Waals surface area contributed by atoms with Crippen molar-refractivity contribution in [1.82, 2.24) is 0 Å². The summed E-state index contributed by atoms with van der Waals surface area (Å²) >= 11 is 0. The molecule has 5 heteroatoms. The van der Waals surface area contributed by atoms with Gasteiger partial charge in [0.15, 0.2) is 5.66 Å². The Balaban J connectivity index is 4.02. The molecule has 0 unspecified atom stereocenters. The molecule has 4 N–H and O–H groups in total. The van der Waals surface area contributed by atoms with E-state index in [1.165, 1.54) is 0 Å². The Kier molecular flexibility index (Phi) is 1.54. The van der Waals surface area contributed by atoms with Crippen molar-refractivity contribution in [1.29, 1.82) is 0 Å². The molecule has 0 saturated heterocycles. The van der Waals surface area contributed by atoms with Gasteiger partial charge < -0.3 is 11.5 Å². The molecule has 0 radical (unpaired) electrons. The van der Waals surface area contributed by atoms with Gasteiger partial charge in [0.1, 0.15) is 0 Å². The fourth-order valence-corrected chi connectivity index (χ4v) is 0. The molecular weight excluding hydrogens is 121 g/mol. The van der Waals surface area contributed by atoms with Crippen molar-refractivity contribution >= 4 is 0 Å². The van der Waals surface area contributed by atoms with E-state index in [1.807, 2.05) is 0 Å². The van der Waals surface area contributed by atoms with E-state index >= 15 is 0 Å². The first-order valence-electron chi connectivity index (χ1n) is 1.89. The van der Waals surface area contributed by atoms with Crippen LogP contribution in [0.4, 0.5) is 13.2 Å². The molecule has 0 heterocycles. The maximum absolute atomic E-state index is 11.3. The minimum absolute atomic E-state index is 0.701. The lowest BCUT2D eigenvalue weighted by molar-refractivity contribution is -0.178. The first-order valence-corrected chi connectivity index (χ1v) is 1.89. The molecule has 2 nitrogen and oxygen atoms in total. The largest absolute Gasteiger partial charge is 0.419 e. The summed E-state index contributed by atoms with van der Waals surface area (Å²) in [5, 5.41) is 0. The highest BCUT2D eigenvalue weighted by Gasteiger charge is 2.44. The molecule has 50 valence electrons. The van der Waals surface area contributed by atoms with E-state index < -0.39 is 11.8 Å². The monoisotopic (exact) mass is 128 g/mol. The Hall–Kier alpha value is -0.290. The van der Waals surface area contributed by atoms with Crippen LogP contribution in [0.1, 0.15) is 6.92 Å². The van der Waals surface area contributed by atoms with Gasteiger partial charge in [0, 0.05) is 0 Å². The van der Waals surface area contributed by atoms with Crippen molar-refractivity contribution < 1.29 is 13.2 Å². The number of hydrogen-bond acceptors (Lipinski definition) is 2. The van der Waals surface area contributed by atoms with Gasteiger partial charge in [-0.05, 0) is 6.92 Å². The zero-order chi connectivity index (χ0) is 7.00. The number of halogens is 3. The van der Waals surface area contributed by atoms with Gasteiger partial charge in [0.25, 0.3) is 0 Å². The smallest absolute Gasteiger partial charge is 0.306 e. The van der Waals surface area contributed by atoms with Gasteiger partial charge >= 0.3 is 6.18 Å². The Bertz CT molecular complexity index is 67.5. The number of nitrogens with two attached hydrogens (primary N) is 2. The number of alkyl halides is 3. The van der Waals surface area contributed by atoms with Crippen LogP contribution in [0, 0.1) is 0 Å². The minimum Gasteiger partial charge on any atom is -0.306 e. The van der Waals surface area contributed by atoms with Gasteiger partial charge in [-0.2, -0.15) is 13.2 Å². The molecule has 0 spiro atoms. The molecule has 0 aromatic heterocycles. The fourth-order valence-electron chi connectivity index (χ4n) is 0. The minimum atomic E-state index is -4.51. The summed E-state index contributed by atoms with van der Waals surface area (Å²) in [4.78, 5) is 0. The van der Waals surface area contributed by atoms with Gasteiger partial charge in [-0.25, -0.2) is 0 Å². The van der Waals surface area contributed by atoms with Crippen LogP contribution in [-0.4, -0.2) is 11.8 Å². The third kappa shape index (κ3) is 1.67. The first kappa shape index (κ1) is 7.71. The van der Waals surface area contributed by atoms with Gasteiger partial charge in [-0.3, -0.25) is 0 Å². The lowest BCUT2D eigenvalue weighted by Gasteiger charge is -2.21. The van der Waals surface area contributed by atoms with Crippen LogP contribution in [-0.2, 0) is 0 Å². The maximum atomic E-state index is 11.3. The van der Waals surface area contributed by atoms with Gasteiger partial charge in [-0.15, -0.1) is 0 Å². The van der Waals surface area contributed by atoms with E-state index in [9.17, 15) is 13.2 Å².